The maximum absolute atomic E-state index is 13.4. The first-order valence-electron chi connectivity index (χ1n) is 9.58. The SMILES string of the molecule is CC(C)(C)CN1C(=O)C(CC(=O)O)OC(c2ccccc2Cl)c2cc(C#N)ccc21. The van der Waals surface area contributed by atoms with Crippen LogP contribution in [0.1, 0.15) is 50.0 Å². The fourth-order valence-electron chi connectivity index (χ4n) is 3.53. The van der Waals surface area contributed by atoms with Crippen LogP contribution in [-0.2, 0) is 14.3 Å². The van der Waals surface area contributed by atoms with Gasteiger partial charge in [0.1, 0.15) is 12.2 Å². The zero-order valence-corrected chi connectivity index (χ0v) is 17.8. The summed E-state index contributed by atoms with van der Waals surface area (Å²) < 4.78 is 6.11. The minimum Gasteiger partial charge on any atom is -0.481 e. The summed E-state index contributed by atoms with van der Waals surface area (Å²) in [7, 11) is 0. The average Bonchev–Trinajstić information content (AvgIpc) is 2.77. The summed E-state index contributed by atoms with van der Waals surface area (Å²) in [5.74, 6) is -1.56. The molecule has 0 saturated heterocycles. The van der Waals surface area contributed by atoms with Crippen molar-refractivity contribution in [1.82, 2.24) is 0 Å². The second-order valence-electron chi connectivity index (χ2n) is 8.49. The van der Waals surface area contributed by atoms with Gasteiger partial charge in [-0.3, -0.25) is 9.59 Å². The van der Waals surface area contributed by atoms with Crippen LogP contribution in [-0.4, -0.2) is 29.6 Å². The molecule has 2 atom stereocenters. The third-order valence-electron chi connectivity index (χ3n) is 4.75. The second kappa shape index (κ2) is 8.47. The lowest BCUT2D eigenvalue weighted by atomic mass is 9.93. The van der Waals surface area contributed by atoms with Gasteiger partial charge in [-0.1, -0.05) is 50.6 Å². The quantitative estimate of drug-likeness (QED) is 0.774. The number of hydrogen-bond acceptors (Lipinski definition) is 4. The summed E-state index contributed by atoms with van der Waals surface area (Å²) in [6.07, 6.45) is -2.45. The Balaban J connectivity index is 2.25. The number of hydrogen-bond donors (Lipinski definition) is 1. The van der Waals surface area contributed by atoms with E-state index in [1.165, 1.54) is 0 Å². The van der Waals surface area contributed by atoms with Crippen LogP contribution < -0.4 is 4.90 Å². The first-order chi connectivity index (χ1) is 14.1. The van der Waals surface area contributed by atoms with E-state index in [9.17, 15) is 20.0 Å². The summed E-state index contributed by atoms with van der Waals surface area (Å²) >= 11 is 6.42. The molecule has 1 aliphatic rings. The van der Waals surface area contributed by atoms with Crippen molar-refractivity contribution in [2.45, 2.75) is 39.4 Å². The van der Waals surface area contributed by atoms with Gasteiger partial charge in [-0.05, 0) is 29.7 Å². The van der Waals surface area contributed by atoms with Gasteiger partial charge >= 0.3 is 5.97 Å². The van der Waals surface area contributed by atoms with Crippen molar-refractivity contribution in [3.63, 3.8) is 0 Å². The Kier molecular flexibility index (Phi) is 6.16. The van der Waals surface area contributed by atoms with Gasteiger partial charge < -0.3 is 14.7 Å². The number of halogens is 1. The minimum absolute atomic E-state index is 0.251. The van der Waals surface area contributed by atoms with Crippen molar-refractivity contribution in [3.8, 4) is 6.07 Å². The number of amides is 1. The zero-order chi connectivity index (χ0) is 22.1. The van der Waals surface area contributed by atoms with Crippen LogP contribution >= 0.6 is 11.6 Å². The van der Waals surface area contributed by atoms with E-state index in [0.29, 0.717) is 33.9 Å². The molecule has 0 aromatic heterocycles. The first-order valence-corrected chi connectivity index (χ1v) is 9.95. The summed E-state index contributed by atoms with van der Waals surface area (Å²) in [5, 5.41) is 19.2. The highest BCUT2D eigenvalue weighted by Gasteiger charge is 2.39. The van der Waals surface area contributed by atoms with Crippen LogP contribution in [0.15, 0.2) is 42.5 Å². The van der Waals surface area contributed by atoms with Crippen molar-refractivity contribution in [2.75, 3.05) is 11.4 Å². The Morgan fingerprint density at radius 3 is 2.53 bits per heavy atom. The lowest BCUT2D eigenvalue weighted by molar-refractivity contribution is -0.147. The molecule has 6 nitrogen and oxygen atoms in total. The summed E-state index contributed by atoms with van der Waals surface area (Å²) in [5.41, 5.74) is 1.96. The number of carboxylic acid groups (broad SMARTS) is 1. The average molecular weight is 427 g/mol. The first kappa shape index (κ1) is 21.8. The van der Waals surface area contributed by atoms with E-state index in [0.717, 1.165) is 0 Å². The van der Waals surface area contributed by atoms with E-state index < -0.39 is 30.5 Å². The molecule has 0 aliphatic carbocycles. The Hall–Kier alpha value is -2.88. The third kappa shape index (κ3) is 4.64. The molecule has 2 unspecified atom stereocenters. The molecule has 3 rings (SSSR count). The number of anilines is 1. The molecular formula is C23H23ClN2O4. The van der Waals surface area contributed by atoms with Crippen molar-refractivity contribution in [1.29, 1.82) is 5.26 Å². The molecule has 0 radical (unpaired) electrons. The normalized spacial score (nSPS) is 19.0. The number of carboxylic acids is 1. The number of aliphatic carboxylic acids is 1. The van der Waals surface area contributed by atoms with E-state index in [1.807, 2.05) is 20.8 Å². The summed E-state index contributed by atoms with van der Waals surface area (Å²) in [4.78, 5) is 26.4. The Morgan fingerprint density at radius 2 is 1.93 bits per heavy atom. The molecule has 0 fully saturated rings. The molecule has 7 heteroatoms. The van der Waals surface area contributed by atoms with Gasteiger partial charge in [0, 0.05) is 28.4 Å². The molecule has 2 aromatic rings. The van der Waals surface area contributed by atoms with Gasteiger partial charge in [0.2, 0.25) is 0 Å². The fraction of sp³-hybridized carbons (Fsp3) is 0.348. The molecule has 2 aromatic carbocycles. The predicted octanol–water partition coefficient (Wildman–Crippen LogP) is 4.55. The monoisotopic (exact) mass is 426 g/mol. The molecular weight excluding hydrogens is 404 g/mol. The van der Waals surface area contributed by atoms with Crippen LogP contribution in [0, 0.1) is 16.7 Å². The zero-order valence-electron chi connectivity index (χ0n) is 17.1. The van der Waals surface area contributed by atoms with Gasteiger partial charge in [0.15, 0.2) is 0 Å². The number of ether oxygens (including phenoxy) is 1. The Bertz CT molecular complexity index is 1020. The van der Waals surface area contributed by atoms with Gasteiger partial charge in [0.05, 0.1) is 18.1 Å². The maximum atomic E-state index is 13.4. The molecule has 156 valence electrons. The number of carbonyl (C=O) groups is 2. The smallest absolute Gasteiger partial charge is 0.306 e. The number of fused-ring (bicyclic) bond motifs is 1. The highest BCUT2D eigenvalue weighted by atomic mass is 35.5. The van der Waals surface area contributed by atoms with Gasteiger partial charge in [-0.2, -0.15) is 5.26 Å². The largest absolute Gasteiger partial charge is 0.481 e. The number of benzene rings is 2. The minimum atomic E-state index is -1.19. The number of rotatable bonds is 4. The number of nitrogens with zero attached hydrogens (tertiary/aromatic N) is 2. The van der Waals surface area contributed by atoms with Crippen LogP contribution in [0.3, 0.4) is 0 Å². The molecule has 1 aliphatic heterocycles. The fourth-order valence-corrected chi connectivity index (χ4v) is 3.76. The van der Waals surface area contributed by atoms with Crippen LogP contribution in [0.5, 0.6) is 0 Å². The van der Waals surface area contributed by atoms with Crippen molar-refractivity contribution in [2.24, 2.45) is 5.41 Å². The Labute approximate surface area is 180 Å². The highest BCUT2D eigenvalue weighted by molar-refractivity contribution is 6.31. The van der Waals surface area contributed by atoms with Gasteiger partial charge in [0.25, 0.3) is 5.91 Å². The van der Waals surface area contributed by atoms with E-state index >= 15 is 0 Å². The molecule has 1 N–H and O–H groups in total. The summed E-state index contributed by atoms with van der Waals surface area (Å²) in [6, 6.07) is 14.2. The Morgan fingerprint density at radius 1 is 1.23 bits per heavy atom. The van der Waals surface area contributed by atoms with E-state index in [2.05, 4.69) is 6.07 Å². The van der Waals surface area contributed by atoms with Gasteiger partial charge in [-0.25, -0.2) is 0 Å². The molecule has 30 heavy (non-hydrogen) atoms. The van der Waals surface area contributed by atoms with Crippen LogP contribution in [0.25, 0.3) is 0 Å². The van der Waals surface area contributed by atoms with E-state index in [4.69, 9.17) is 16.3 Å². The van der Waals surface area contributed by atoms with Crippen LogP contribution in [0.4, 0.5) is 5.69 Å². The standard InChI is InChI=1S/C23H23ClN2O4/c1-23(2,3)13-26-18-9-8-14(12-25)10-16(18)21(15-6-4-5-7-17(15)24)30-19(22(26)29)11-20(27)28/h4-10,19,21H,11,13H2,1-3H3,(H,27,28). The molecule has 0 bridgehead atoms. The number of carbonyl (C=O) groups excluding carboxylic acids is 1. The van der Waals surface area contributed by atoms with Crippen molar-refractivity contribution < 1.29 is 19.4 Å². The molecule has 1 amide bonds. The van der Waals surface area contributed by atoms with E-state index in [-0.39, 0.29) is 5.41 Å². The predicted molar refractivity (Wildman–Crippen MR) is 113 cm³/mol. The lowest BCUT2D eigenvalue weighted by Gasteiger charge is -2.31. The van der Waals surface area contributed by atoms with Crippen molar-refractivity contribution >= 4 is 29.2 Å². The molecule has 0 saturated carbocycles. The van der Waals surface area contributed by atoms with Crippen molar-refractivity contribution in [3.05, 3.63) is 64.2 Å². The topological polar surface area (TPSA) is 90.6 Å². The highest BCUT2D eigenvalue weighted by Crippen LogP contribution is 2.42. The number of nitriles is 1. The van der Waals surface area contributed by atoms with Gasteiger partial charge in [-0.15, -0.1) is 0 Å². The maximum Gasteiger partial charge on any atom is 0.306 e. The van der Waals surface area contributed by atoms with Crippen LogP contribution in [0.2, 0.25) is 5.02 Å². The second-order valence-corrected chi connectivity index (χ2v) is 8.90. The third-order valence-corrected chi connectivity index (χ3v) is 5.10. The molecule has 1 heterocycles. The van der Waals surface area contributed by atoms with E-state index in [1.54, 1.807) is 47.4 Å². The summed E-state index contributed by atoms with van der Waals surface area (Å²) in [6.45, 7) is 6.34. The molecule has 0 spiro atoms. The lowest BCUT2D eigenvalue weighted by Crippen LogP contribution is -2.44.